The van der Waals surface area contributed by atoms with Crippen molar-refractivity contribution in [2.75, 3.05) is 0 Å². The lowest BCUT2D eigenvalue weighted by molar-refractivity contribution is 1.07. The maximum atomic E-state index is 5.18. The molecular weight excluding hydrogens is 787 g/mol. The Hall–Kier alpha value is -8.19. The van der Waals surface area contributed by atoms with E-state index in [0.29, 0.717) is 17.5 Å². The third-order valence-electron chi connectivity index (χ3n) is 12.3. The first-order valence-electron chi connectivity index (χ1n) is 21.2. The molecule has 5 nitrogen and oxygen atoms in total. The van der Waals surface area contributed by atoms with E-state index in [4.69, 9.17) is 15.0 Å². The molecule has 4 heterocycles. The summed E-state index contributed by atoms with van der Waals surface area (Å²) in [4.78, 5) is 15.4. The van der Waals surface area contributed by atoms with Crippen LogP contribution in [0.1, 0.15) is 0 Å². The number of aromatic nitrogens is 5. The second-order valence-electron chi connectivity index (χ2n) is 16.0. The van der Waals surface area contributed by atoms with Gasteiger partial charge in [0.15, 0.2) is 17.5 Å². The van der Waals surface area contributed by atoms with Gasteiger partial charge in [-0.25, -0.2) is 15.0 Å². The summed E-state index contributed by atoms with van der Waals surface area (Å²) in [5, 5.41) is 7.49. The van der Waals surface area contributed by atoms with Crippen LogP contribution in [0, 0.1) is 0 Å². The standard InChI is InChI=1S/C57H35N5S/c1-3-15-36(16-4-1)38-19-13-20-39(31-38)56-58-55(37-17-5-2-6-18-37)59-57(60-56)40-21-14-22-41(32-40)62-51-28-12-9-25-45(51)47-35-54-48(34-52(47)62)46-30-29-42(33-53(46)63-54)61-49-26-10-7-23-43(49)44-24-8-11-27-50(44)61/h1-35H. The lowest BCUT2D eigenvalue weighted by Gasteiger charge is -2.12. The zero-order valence-electron chi connectivity index (χ0n) is 33.9. The van der Waals surface area contributed by atoms with E-state index in [1.165, 1.54) is 58.4 Å². The molecule has 63 heavy (non-hydrogen) atoms. The fraction of sp³-hybridized carbons (Fsp3) is 0. The highest BCUT2D eigenvalue weighted by molar-refractivity contribution is 7.26. The van der Waals surface area contributed by atoms with Crippen LogP contribution >= 0.6 is 11.3 Å². The molecule has 294 valence electrons. The predicted octanol–water partition coefficient (Wildman–Crippen LogP) is 15.1. The Kier molecular flexibility index (Phi) is 8.01. The highest BCUT2D eigenvalue weighted by atomic mass is 32.1. The van der Waals surface area contributed by atoms with E-state index in [9.17, 15) is 0 Å². The van der Waals surface area contributed by atoms with Gasteiger partial charge in [0.05, 0.1) is 22.1 Å². The molecule has 0 saturated carbocycles. The molecule has 0 unspecified atom stereocenters. The minimum atomic E-state index is 0.622. The first kappa shape index (κ1) is 35.6. The molecule has 13 aromatic rings. The number of thiophene rings is 1. The zero-order chi connectivity index (χ0) is 41.4. The van der Waals surface area contributed by atoms with Gasteiger partial charge in [0.2, 0.25) is 0 Å². The summed E-state index contributed by atoms with van der Waals surface area (Å²) in [5.74, 6) is 1.89. The molecule has 4 aromatic heterocycles. The van der Waals surface area contributed by atoms with Gasteiger partial charge in [0, 0.05) is 69.8 Å². The Morgan fingerprint density at radius 2 is 0.746 bits per heavy atom. The number of hydrogen-bond acceptors (Lipinski definition) is 4. The van der Waals surface area contributed by atoms with Crippen molar-refractivity contribution in [3.8, 4) is 56.7 Å². The molecule has 0 N–H and O–H groups in total. The summed E-state index contributed by atoms with van der Waals surface area (Å²) in [6, 6.07) is 75.6. The maximum Gasteiger partial charge on any atom is 0.164 e. The van der Waals surface area contributed by atoms with Crippen molar-refractivity contribution in [1.82, 2.24) is 24.1 Å². The lowest BCUT2D eigenvalue weighted by Crippen LogP contribution is -2.01. The number of rotatable bonds is 6. The van der Waals surface area contributed by atoms with E-state index in [1.807, 2.05) is 35.6 Å². The highest BCUT2D eigenvalue weighted by Crippen LogP contribution is 2.42. The Morgan fingerprint density at radius 1 is 0.270 bits per heavy atom. The van der Waals surface area contributed by atoms with Gasteiger partial charge in [-0.05, 0) is 71.8 Å². The van der Waals surface area contributed by atoms with Crippen molar-refractivity contribution in [2.24, 2.45) is 0 Å². The molecule has 0 atom stereocenters. The molecule has 0 fully saturated rings. The fourth-order valence-corrected chi connectivity index (χ4v) is 10.6. The monoisotopic (exact) mass is 821 g/mol. The van der Waals surface area contributed by atoms with Crippen molar-refractivity contribution in [2.45, 2.75) is 0 Å². The van der Waals surface area contributed by atoms with Crippen LogP contribution in [-0.4, -0.2) is 24.1 Å². The van der Waals surface area contributed by atoms with Crippen molar-refractivity contribution < 1.29 is 0 Å². The van der Waals surface area contributed by atoms with Crippen molar-refractivity contribution in [3.05, 3.63) is 212 Å². The van der Waals surface area contributed by atoms with Gasteiger partial charge in [0.25, 0.3) is 0 Å². The van der Waals surface area contributed by atoms with Gasteiger partial charge in [-0.3, -0.25) is 0 Å². The Morgan fingerprint density at radius 3 is 1.41 bits per heavy atom. The SMILES string of the molecule is c1ccc(-c2cccc(-c3nc(-c4ccccc4)nc(-c4cccc(-n5c6ccccc6c6cc7sc8cc(-n9c%10ccccc%10c%10ccccc%109)ccc8c7cc65)c4)n3)c2)cc1. The average molecular weight is 822 g/mol. The topological polar surface area (TPSA) is 48.5 Å². The number of fused-ring (bicyclic) bond motifs is 9. The molecule has 0 spiro atoms. The van der Waals surface area contributed by atoms with Gasteiger partial charge in [-0.1, -0.05) is 152 Å². The summed E-state index contributed by atoms with van der Waals surface area (Å²) < 4.78 is 7.34. The quantitative estimate of drug-likeness (QED) is 0.168. The van der Waals surface area contributed by atoms with Crippen molar-refractivity contribution in [1.29, 1.82) is 0 Å². The van der Waals surface area contributed by atoms with Crippen LogP contribution in [0.3, 0.4) is 0 Å². The van der Waals surface area contributed by atoms with Crippen molar-refractivity contribution in [3.63, 3.8) is 0 Å². The highest BCUT2D eigenvalue weighted by Gasteiger charge is 2.19. The number of para-hydroxylation sites is 3. The van der Waals surface area contributed by atoms with Gasteiger partial charge in [-0.2, -0.15) is 0 Å². The van der Waals surface area contributed by atoms with E-state index in [2.05, 4.69) is 197 Å². The summed E-state index contributed by atoms with van der Waals surface area (Å²) in [6.07, 6.45) is 0. The van der Waals surface area contributed by atoms with E-state index in [-0.39, 0.29) is 0 Å². The van der Waals surface area contributed by atoms with Gasteiger partial charge in [-0.15, -0.1) is 11.3 Å². The molecular formula is C57H35N5S. The van der Waals surface area contributed by atoms with Crippen LogP contribution in [0.4, 0.5) is 0 Å². The van der Waals surface area contributed by atoms with Gasteiger partial charge < -0.3 is 9.13 Å². The first-order valence-corrected chi connectivity index (χ1v) is 22.0. The molecule has 0 amide bonds. The molecule has 6 heteroatoms. The van der Waals surface area contributed by atoms with Crippen LogP contribution < -0.4 is 0 Å². The van der Waals surface area contributed by atoms with Crippen LogP contribution in [-0.2, 0) is 0 Å². The number of nitrogens with zero attached hydrogens (tertiary/aromatic N) is 5. The zero-order valence-corrected chi connectivity index (χ0v) is 34.7. The summed E-state index contributed by atoms with van der Waals surface area (Å²) >= 11 is 1.87. The minimum Gasteiger partial charge on any atom is -0.309 e. The summed E-state index contributed by atoms with van der Waals surface area (Å²) in [7, 11) is 0. The minimum absolute atomic E-state index is 0.622. The van der Waals surface area contributed by atoms with Gasteiger partial charge >= 0.3 is 0 Å². The van der Waals surface area contributed by atoms with Crippen LogP contribution in [0.5, 0.6) is 0 Å². The van der Waals surface area contributed by atoms with Crippen LogP contribution in [0.25, 0.3) is 120 Å². The third kappa shape index (κ3) is 5.80. The Bertz CT molecular complexity index is 3860. The van der Waals surface area contributed by atoms with E-state index >= 15 is 0 Å². The van der Waals surface area contributed by atoms with E-state index in [1.54, 1.807) is 0 Å². The Labute approximate surface area is 366 Å². The van der Waals surface area contributed by atoms with E-state index < -0.39 is 0 Å². The predicted molar refractivity (Wildman–Crippen MR) is 263 cm³/mol. The fourth-order valence-electron chi connectivity index (χ4n) is 9.45. The normalized spacial score (nSPS) is 11.8. The second kappa shape index (κ2) is 14.2. The smallest absolute Gasteiger partial charge is 0.164 e. The molecule has 9 aromatic carbocycles. The summed E-state index contributed by atoms with van der Waals surface area (Å²) in [6.45, 7) is 0. The third-order valence-corrected chi connectivity index (χ3v) is 13.5. The molecule has 13 rings (SSSR count). The summed E-state index contributed by atoms with van der Waals surface area (Å²) in [5.41, 5.74) is 12.0. The Balaban J connectivity index is 0.966. The molecule has 0 bridgehead atoms. The van der Waals surface area contributed by atoms with Crippen LogP contribution in [0.15, 0.2) is 212 Å². The first-order chi connectivity index (χ1) is 31.2. The molecule has 0 aliphatic carbocycles. The van der Waals surface area contributed by atoms with Crippen LogP contribution in [0.2, 0.25) is 0 Å². The molecule has 0 radical (unpaired) electrons. The van der Waals surface area contributed by atoms with Gasteiger partial charge in [0.1, 0.15) is 0 Å². The molecule has 0 aliphatic heterocycles. The number of benzene rings is 9. The van der Waals surface area contributed by atoms with Crippen molar-refractivity contribution >= 4 is 75.1 Å². The van der Waals surface area contributed by atoms with E-state index in [0.717, 1.165) is 44.5 Å². The lowest BCUT2D eigenvalue weighted by atomic mass is 10.0. The maximum absolute atomic E-state index is 5.18. The molecule has 0 aliphatic rings. The second-order valence-corrected chi connectivity index (χ2v) is 17.1. The molecule has 0 saturated heterocycles. The largest absolute Gasteiger partial charge is 0.309 e. The number of hydrogen-bond donors (Lipinski definition) is 0. The average Bonchev–Trinajstić information content (AvgIpc) is 4.00.